The predicted octanol–water partition coefficient (Wildman–Crippen LogP) is 3.42. The zero-order chi connectivity index (χ0) is 16.1. The van der Waals surface area contributed by atoms with Gasteiger partial charge in [-0.2, -0.15) is 0 Å². The Morgan fingerprint density at radius 1 is 0.773 bits per heavy atom. The van der Waals surface area contributed by atoms with E-state index in [9.17, 15) is 0 Å². The quantitative estimate of drug-likeness (QED) is 0.819. The summed E-state index contributed by atoms with van der Waals surface area (Å²) in [7, 11) is 6.44. The SMILES string of the molecule is COc1c(C)c(Cc2cc[c]cc2)c(OC)c(OC)c1OC. The summed E-state index contributed by atoms with van der Waals surface area (Å²) in [5, 5.41) is 0. The highest BCUT2D eigenvalue weighted by molar-refractivity contribution is 5.67. The van der Waals surface area contributed by atoms with Gasteiger partial charge in [-0.1, -0.05) is 24.3 Å². The predicted molar refractivity (Wildman–Crippen MR) is 85.5 cm³/mol. The third-order valence-electron chi connectivity index (χ3n) is 3.67. The lowest BCUT2D eigenvalue weighted by molar-refractivity contribution is 0.302. The molecule has 0 heterocycles. The first kappa shape index (κ1) is 16.0. The number of ether oxygens (including phenoxy) is 4. The first-order valence-electron chi connectivity index (χ1n) is 6.98. The third-order valence-corrected chi connectivity index (χ3v) is 3.67. The van der Waals surface area contributed by atoms with Crippen molar-refractivity contribution in [1.29, 1.82) is 0 Å². The molecule has 0 N–H and O–H groups in total. The molecule has 1 radical (unpaired) electrons. The van der Waals surface area contributed by atoms with E-state index in [4.69, 9.17) is 18.9 Å². The van der Waals surface area contributed by atoms with E-state index in [0.29, 0.717) is 29.4 Å². The fourth-order valence-corrected chi connectivity index (χ4v) is 2.61. The maximum atomic E-state index is 5.59. The van der Waals surface area contributed by atoms with Gasteiger partial charge in [0.2, 0.25) is 11.5 Å². The van der Waals surface area contributed by atoms with Crippen LogP contribution in [0.15, 0.2) is 24.3 Å². The third kappa shape index (κ3) is 2.82. The molecule has 4 heteroatoms. The molecular formula is C18H21O4. The molecule has 117 valence electrons. The highest BCUT2D eigenvalue weighted by Crippen LogP contribution is 2.49. The first-order chi connectivity index (χ1) is 10.7. The van der Waals surface area contributed by atoms with Crippen LogP contribution in [0.5, 0.6) is 23.0 Å². The van der Waals surface area contributed by atoms with Gasteiger partial charge in [0.1, 0.15) is 0 Å². The lowest BCUT2D eigenvalue weighted by Crippen LogP contribution is -2.05. The zero-order valence-corrected chi connectivity index (χ0v) is 13.6. The van der Waals surface area contributed by atoms with E-state index in [1.165, 1.54) is 0 Å². The van der Waals surface area contributed by atoms with Crippen molar-refractivity contribution >= 4 is 0 Å². The molecule has 0 atom stereocenters. The molecule has 0 spiro atoms. The van der Waals surface area contributed by atoms with Crippen LogP contribution in [0.25, 0.3) is 0 Å². The first-order valence-corrected chi connectivity index (χ1v) is 6.98. The van der Waals surface area contributed by atoms with Crippen LogP contribution in [0.4, 0.5) is 0 Å². The van der Waals surface area contributed by atoms with Crippen LogP contribution in [0.3, 0.4) is 0 Å². The van der Waals surface area contributed by atoms with Crippen molar-refractivity contribution in [2.45, 2.75) is 13.3 Å². The van der Waals surface area contributed by atoms with E-state index in [2.05, 4.69) is 6.07 Å². The zero-order valence-electron chi connectivity index (χ0n) is 13.6. The fourth-order valence-electron chi connectivity index (χ4n) is 2.61. The van der Waals surface area contributed by atoms with Crippen LogP contribution < -0.4 is 18.9 Å². The van der Waals surface area contributed by atoms with Crippen LogP contribution in [-0.2, 0) is 6.42 Å². The van der Waals surface area contributed by atoms with Crippen molar-refractivity contribution in [2.24, 2.45) is 0 Å². The molecule has 0 saturated carbocycles. The lowest BCUT2D eigenvalue weighted by atomic mass is 9.97. The molecular weight excluding hydrogens is 280 g/mol. The van der Waals surface area contributed by atoms with Gasteiger partial charge in [-0.3, -0.25) is 0 Å². The minimum Gasteiger partial charge on any atom is -0.492 e. The molecule has 0 aromatic heterocycles. The maximum Gasteiger partial charge on any atom is 0.207 e. The second kappa shape index (κ2) is 7.07. The van der Waals surface area contributed by atoms with E-state index in [1.54, 1.807) is 28.4 Å². The summed E-state index contributed by atoms with van der Waals surface area (Å²) < 4.78 is 22.1. The molecule has 0 fully saturated rings. The van der Waals surface area contributed by atoms with Crippen LogP contribution >= 0.6 is 0 Å². The Balaban J connectivity index is 2.66. The molecule has 0 aliphatic rings. The molecule has 2 aromatic rings. The van der Waals surface area contributed by atoms with E-state index in [1.807, 2.05) is 31.2 Å². The molecule has 0 saturated heterocycles. The van der Waals surface area contributed by atoms with Gasteiger partial charge < -0.3 is 18.9 Å². The Morgan fingerprint density at radius 3 is 1.77 bits per heavy atom. The summed E-state index contributed by atoms with van der Waals surface area (Å²) in [5.74, 6) is 2.43. The Kier molecular flexibility index (Phi) is 5.15. The standard InChI is InChI=1S/C18H21O4/c1-12-14(11-13-9-7-6-8-10-13)16(20-3)18(22-5)17(21-4)15(12)19-2/h7-10H,11H2,1-5H3. The Morgan fingerprint density at radius 2 is 1.27 bits per heavy atom. The van der Waals surface area contributed by atoms with Gasteiger partial charge in [0.05, 0.1) is 28.4 Å². The normalized spacial score (nSPS) is 10.2. The van der Waals surface area contributed by atoms with Gasteiger partial charge in [0.25, 0.3) is 0 Å². The van der Waals surface area contributed by atoms with Crippen molar-refractivity contribution in [2.75, 3.05) is 28.4 Å². The molecule has 0 bridgehead atoms. The smallest absolute Gasteiger partial charge is 0.207 e. The summed E-state index contributed by atoms with van der Waals surface area (Å²) in [6, 6.07) is 10.9. The molecule has 2 aromatic carbocycles. The lowest BCUT2D eigenvalue weighted by Gasteiger charge is -2.21. The molecule has 0 aliphatic carbocycles. The fraction of sp³-hybridized carbons (Fsp3) is 0.333. The monoisotopic (exact) mass is 301 g/mol. The van der Waals surface area contributed by atoms with Crippen LogP contribution in [0.1, 0.15) is 16.7 Å². The number of rotatable bonds is 6. The van der Waals surface area contributed by atoms with Crippen molar-refractivity contribution in [3.05, 3.63) is 47.0 Å². The van der Waals surface area contributed by atoms with Crippen LogP contribution in [0, 0.1) is 13.0 Å². The summed E-state index contributed by atoms with van der Waals surface area (Å²) in [6.07, 6.45) is 0.709. The number of benzene rings is 2. The molecule has 4 nitrogen and oxygen atoms in total. The Bertz CT molecular complexity index is 636. The van der Waals surface area contributed by atoms with Gasteiger partial charge in [-0.25, -0.2) is 0 Å². The van der Waals surface area contributed by atoms with Crippen molar-refractivity contribution < 1.29 is 18.9 Å². The van der Waals surface area contributed by atoms with Gasteiger partial charge >= 0.3 is 0 Å². The summed E-state index contributed by atoms with van der Waals surface area (Å²) in [6.45, 7) is 1.99. The molecule has 22 heavy (non-hydrogen) atoms. The van der Waals surface area contributed by atoms with E-state index in [-0.39, 0.29) is 0 Å². The topological polar surface area (TPSA) is 36.9 Å². The van der Waals surface area contributed by atoms with Crippen LogP contribution in [0.2, 0.25) is 0 Å². The Labute approximate surface area is 131 Å². The van der Waals surface area contributed by atoms with Gasteiger partial charge in [0, 0.05) is 17.5 Å². The molecule has 2 rings (SSSR count). The molecule has 0 amide bonds. The van der Waals surface area contributed by atoms with Gasteiger partial charge in [-0.05, 0) is 18.6 Å². The summed E-state index contributed by atoms with van der Waals surface area (Å²) >= 11 is 0. The molecule has 0 aliphatic heterocycles. The minimum absolute atomic E-state index is 0.546. The molecule has 0 unspecified atom stereocenters. The highest BCUT2D eigenvalue weighted by atomic mass is 16.5. The number of hydrogen-bond donors (Lipinski definition) is 0. The van der Waals surface area contributed by atoms with Crippen molar-refractivity contribution in [3.63, 3.8) is 0 Å². The van der Waals surface area contributed by atoms with Crippen molar-refractivity contribution in [3.8, 4) is 23.0 Å². The second-order valence-electron chi connectivity index (χ2n) is 4.82. The second-order valence-corrected chi connectivity index (χ2v) is 4.82. The van der Waals surface area contributed by atoms with E-state index >= 15 is 0 Å². The van der Waals surface area contributed by atoms with E-state index < -0.39 is 0 Å². The maximum absolute atomic E-state index is 5.59. The number of hydrogen-bond acceptors (Lipinski definition) is 4. The van der Waals surface area contributed by atoms with Gasteiger partial charge in [0.15, 0.2) is 11.5 Å². The van der Waals surface area contributed by atoms with E-state index in [0.717, 1.165) is 16.7 Å². The largest absolute Gasteiger partial charge is 0.492 e. The van der Waals surface area contributed by atoms with Crippen molar-refractivity contribution in [1.82, 2.24) is 0 Å². The average Bonchev–Trinajstić information content (AvgIpc) is 2.56. The van der Waals surface area contributed by atoms with Crippen LogP contribution in [-0.4, -0.2) is 28.4 Å². The highest BCUT2D eigenvalue weighted by Gasteiger charge is 2.25. The van der Waals surface area contributed by atoms with Gasteiger partial charge in [-0.15, -0.1) is 0 Å². The summed E-state index contributed by atoms with van der Waals surface area (Å²) in [4.78, 5) is 0. The minimum atomic E-state index is 0.546. The average molecular weight is 301 g/mol. The number of methoxy groups -OCH3 is 4. The Hall–Kier alpha value is -2.36. The summed E-state index contributed by atoms with van der Waals surface area (Å²) in [5.41, 5.74) is 3.16.